The lowest BCUT2D eigenvalue weighted by Crippen LogP contribution is -2.11. The Balaban J connectivity index is 1.54. The number of rotatable bonds is 7. The number of aromatic amines is 1. The van der Waals surface area contributed by atoms with Gasteiger partial charge >= 0.3 is 0 Å². The van der Waals surface area contributed by atoms with Gasteiger partial charge < -0.3 is 14.8 Å². The van der Waals surface area contributed by atoms with Gasteiger partial charge in [-0.1, -0.05) is 33.6 Å². The van der Waals surface area contributed by atoms with E-state index in [2.05, 4.69) is 51.3 Å². The molecule has 0 spiro atoms. The van der Waals surface area contributed by atoms with Crippen LogP contribution in [0.4, 0.5) is 0 Å². The number of allylic oxidation sites excluding steroid dienone is 1. The summed E-state index contributed by atoms with van der Waals surface area (Å²) in [6.07, 6.45) is 3.82. The zero-order valence-electron chi connectivity index (χ0n) is 15.1. The number of Topliss-reactive ketones (excluding diaryl/α,β-unsaturated/α-hetero) is 1. The molecule has 0 bridgehead atoms. The Hall–Kier alpha value is -2.08. The molecule has 4 nitrogen and oxygen atoms in total. The fourth-order valence-electron chi connectivity index (χ4n) is 3.41. The van der Waals surface area contributed by atoms with Crippen LogP contribution >= 0.6 is 27.5 Å². The van der Waals surface area contributed by atoms with Gasteiger partial charge in [0.1, 0.15) is 12.4 Å². The van der Waals surface area contributed by atoms with Gasteiger partial charge in [0.2, 0.25) is 0 Å². The van der Waals surface area contributed by atoms with E-state index in [1.165, 1.54) is 16.7 Å². The molecule has 0 atom stereocenters. The largest absolute Gasteiger partial charge is 0.484 e. The standard InChI is InChI=1S/C22H19BrClNO3/c23-17-4-3-13-6-15(7-14(13)8-17)20-10-16-9-19(24)22(11-21(16)25-20)28-12-18(27)2-1-5-26/h3-4,6,8-11,25-26H,1-2,5,7,12H2. The molecule has 6 heteroatoms. The number of aliphatic hydroxyl groups excluding tert-OH is 1. The highest BCUT2D eigenvalue weighted by molar-refractivity contribution is 9.10. The van der Waals surface area contributed by atoms with Crippen LogP contribution in [0.5, 0.6) is 5.75 Å². The Morgan fingerprint density at radius 2 is 2.11 bits per heavy atom. The molecule has 0 amide bonds. The third kappa shape index (κ3) is 4.02. The highest BCUT2D eigenvalue weighted by atomic mass is 79.9. The maximum Gasteiger partial charge on any atom is 0.170 e. The van der Waals surface area contributed by atoms with Crippen molar-refractivity contribution in [1.82, 2.24) is 4.98 Å². The number of nitrogens with one attached hydrogen (secondary N) is 1. The molecule has 1 heterocycles. The number of hydrogen-bond donors (Lipinski definition) is 2. The number of hydrogen-bond acceptors (Lipinski definition) is 3. The van der Waals surface area contributed by atoms with Crippen LogP contribution in [0.1, 0.15) is 29.7 Å². The molecule has 1 aliphatic carbocycles. The van der Waals surface area contributed by atoms with Crippen molar-refractivity contribution in [1.29, 1.82) is 0 Å². The third-order valence-electron chi connectivity index (χ3n) is 4.84. The number of benzene rings is 2. The molecule has 28 heavy (non-hydrogen) atoms. The van der Waals surface area contributed by atoms with Crippen molar-refractivity contribution in [3.63, 3.8) is 0 Å². The maximum atomic E-state index is 11.8. The molecular formula is C22H19BrClNO3. The predicted molar refractivity (Wildman–Crippen MR) is 116 cm³/mol. The number of ketones is 1. The molecule has 0 saturated heterocycles. The summed E-state index contributed by atoms with van der Waals surface area (Å²) in [6, 6.07) is 12.1. The first kappa shape index (κ1) is 19.2. The number of halogens is 2. The third-order valence-corrected chi connectivity index (χ3v) is 5.63. The van der Waals surface area contributed by atoms with Crippen molar-refractivity contribution in [2.75, 3.05) is 13.2 Å². The summed E-state index contributed by atoms with van der Waals surface area (Å²) in [7, 11) is 0. The predicted octanol–water partition coefficient (Wildman–Crippen LogP) is 5.40. The SMILES string of the molecule is O=C(CCCO)COc1cc2[nH]c(C3=Cc4ccc(Br)cc4C3)cc2cc1Cl. The van der Waals surface area contributed by atoms with Crippen LogP contribution in [-0.4, -0.2) is 29.1 Å². The van der Waals surface area contributed by atoms with Gasteiger partial charge in [0.05, 0.1) is 5.02 Å². The monoisotopic (exact) mass is 459 g/mol. The van der Waals surface area contributed by atoms with Crippen molar-refractivity contribution in [2.24, 2.45) is 0 Å². The van der Waals surface area contributed by atoms with Crippen LogP contribution in [0, 0.1) is 0 Å². The first-order valence-corrected chi connectivity index (χ1v) is 10.3. The van der Waals surface area contributed by atoms with E-state index < -0.39 is 0 Å². The highest BCUT2D eigenvalue weighted by Crippen LogP contribution is 2.36. The minimum absolute atomic E-state index is 0.000377. The minimum Gasteiger partial charge on any atom is -0.484 e. The number of carbonyl (C=O) groups is 1. The number of carbonyl (C=O) groups excluding carboxylic acids is 1. The fraction of sp³-hybridized carbons (Fsp3) is 0.227. The molecule has 1 aromatic heterocycles. The second-order valence-corrected chi connectivity index (χ2v) is 8.22. The first-order chi connectivity index (χ1) is 13.5. The molecule has 0 saturated carbocycles. The zero-order chi connectivity index (χ0) is 19.7. The van der Waals surface area contributed by atoms with Crippen LogP contribution in [0.25, 0.3) is 22.6 Å². The summed E-state index contributed by atoms with van der Waals surface area (Å²) in [4.78, 5) is 15.2. The Kier molecular flexibility index (Phi) is 5.58. The highest BCUT2D eigenvalue weighted by Gasteiger charge is 2.17. The van der Waals surface area contributed by atoms with Gasteiger partial charge in [-0.2, -0.15) is 0 Å². The van der Waals surface area contributed by atoms with Crippen molar-refractivity contribution in [2.45, 2.75) is 19.3 Å². The molecule has 0 radical (unpaired) electrons. The molecule has 1 aliphatic rings. The topological polar surface area (TPSA) is 62.3 Å². The summed E-state index contributed by atoms with van der Waals surface area (Å²) in [5.74, 6) is 0.421. The van der Waals surface area contributed by atoms with E-state index in [1.807, 2.05) is 12.1 Å². The molecule has 3 aromatic rings. The average molecular weight is 461 g/mol. The normalized spacial score (nSPS) is 12.9. The Morgan fingerprint density at radius 1 is 1.25 bits per heavy atom. The summed E-state index contributed by atoms with van der Waals surface area (Å²) >= 11 is 9.87. The van der Waals surface area contributed by atoms with E-state index in [0.717, 1.165) is 27.5 Å². The van der Waals surface area contributed by atoms with E-state index in [9.17, 15) is 4.79 Å². The van der Waals surface area contributed by atoms with E-state index in [-0.39, 0.29) is 19.0 Å². The van der Waals surface area contributed by atoms with E-state index in [4.69, 9.17) is 21.4 Å². The van der Waals surface area contributed by atoms with Gasteiger partial charge in [-0.05, 0) is 53.5 Å². The molecule has 0 fully saturated rings. The summed E-state index contributed by atoms with van der Waals surface area (Å²) in [5.41, 5.74) is 5.72. The molecular weight excluding hydrogens is 442 g/mol. The Morgan fingerprint density at radius 3 is 2.93 bits per heavy atom. The van der Waals surface area contributed by atoms with Crippen LogP contribution in [0.2, 0.25) is 5.02 Å². The second kappa shape index (κ2) is 8.11. The van der Waals surface area contributed by atoms with Crippen molar-refractivity contribution in [3.8, 4) is 5.75 Å². The minimum atomic E-state index is -0.0579. The number of ether oxygens (including phenoxy) is 1. The quantitative estimate of drug-likeness (QED) is 0.496. The molecule has 2 N–H and O–H groups in total. The molecule has 4 rings (SSSR count). The Bertz CT molecular complexity index is 1090. The van der Waals surface area contributed by atoms with Gasteiger partial charge in [-0.25, -0.2) is 0 Å². The van der Waals surface area contributed by atoms with Crippen LogP contribution in [0.3, 0.4) is 0 Å². The van der Waals surface area contributed by atoms with Crippen LogP contribution < -0.4 is 4.74 Å². The maximum absolute atomic E-state index is 11.8. The number of fused-ring (bicyclic) bond motifs is 2. The lowest BCUT2D eigenvalue weighted by atomic mass is 10.1. The lowest BCUT2D eigenvalue weighted by Gasteiger charge is -2.07. The van der Waals surface area contributed by atoms with Gasteiger partial charge in [0, 0.05) is 46.6 Å². The number of H-pyrrole nitrogens is 1. The lowest BCUT2D eigenvalue weighted by molar-refractivity contribution is -0.121. The molecule has 144 valence electrons. The van der Waals surface area contributed by atoms with Gasteiger partial charge in [0.15, 0.2) is 5.78 Å². The van der Waals surface area contributed by atoms with Gasteiger partial charge in [-0.3, -0.25) is 4.79 Å². The second-order valence-electron chi connectivity index (χ2n) is 6.90. The van der Waals surface area contributed by atoms with E-state index in [1.54, 1.807) is 0 Å². The first-order valence-electron chi connectivity index (χ1n) is 9.10. The average Bonchev–Trinajstić information content (AvgIpc) is 3.27. The van der Waals surface area contributed by atoms with Crippen LogP contribution in [0.15, 0.2) is 40.9 Å². The van der Waals surface area contributed by atoms with E-state index in [0.29, 0.717) is 23.6 Å². The fourth-order valence-corrected chi connectivity index (χ4v) is 4.04. The molecule has 0 unspecified atom stereocenters. The van der Waals surface area contributed by atoms with Gasteiger partial charge in [-0.15, -0.1) is 0 Å². The number of aliphatic hydroxyl groups is 1. The molecule has 2 aromatic carbocycles. The summed E-state index contributed by atoms with van der Waals surface area (Å²) < 4.78 is 6.68. The summed E-state index contributed by atoms with van der Waals surface area (Å²) in [6.45, 7) is -0.0471. The van der Waals surface area contributed by atoms with Crippen molar-refractivity contribution in [3.05, 3.63) is 62.7 Å². The van der Waals surface area contributed by atoms with Crippen LogP contribution in [-0.2, 0) is 11.2 Å². The number of aromatic nitrogens is 1. The summed E-state index contributed by atoms with van der Waals surface area (Å²) in [5, 5.41) is 10.3. The Labute approximate surface area is 176 Å². The van der Waals surface area contributed by atoms with Crippen molar-refractivity contribution >= 4 is 55.9 Å². The van der Waals surface area contributed by atoms with E-state index >= 15 is 0 Å². The van der Waals surface area contributed by atoms with Gasteiger partial charge in [0.25, 0.3) is 0 Å². The van der Waals surface area contributed by atoms with Crippen molar-refractivity contribution < 1.29 is 14.6 Å². The smallest absolute Gasteiger partial charge is 0.170 e. The molecule has 0 aliphatic heterocycles. The zero-order valence-corrected chi connectivity index (χ0v) is 17.4.